The number of nitrogens with zero attached hydrogens (tertiary/aromatic N) is 6. The van der Waals surface area contributed by atoms with Gasteiger partial charge in [-0.3, -0.25) is 9.55 Å². The maximum absolute atomic E-state index is 10.0. The fraction of sp³-hybridized carbons (Fsp3) is 0.259. The monoisotopic (exact) mass is 467 g/mol. The molecule has 1 aliphatic heterocycles. The number of imidazole rings is 1. The van der Waals surface area contributed by atoms with Crippen LogP contribution in [0.4, 0.5) is 0 Å². The molecule has 8 heteroatoms. The molecule has 1 atom stereocenters. The summed E-state index contributed by atoms with van der Waals surface area (Å²) in [7, 11) is 3.83. The van der Waals surface area contributed by atoms with Crippen molar-refractivity contribution in [3.8, 4) is 23.3 Å². The van der Waals surface area contributed by atoms with Crippen LogP contribution < -0.4 is 5.73 Å². The molecule has 4 heterocycles. The fourth-order valence-corrected chi connectivity index (χ4v) is 4.33. The van der Waals surface area contributed by atoms with Crippen LogP contribution in [0.1, 0.15) is 38.2 Å². The lowest BCUT2D eigenvalue weighted by molar-refractivity contribution is 0.186. The average Bonchev–Trinajstić information content (AvgIpc) is 3.37. The van der Waals surface area contributed by atoms with Gasteiger partial charge in [0.25, 0.3) is 0 Å². The maximum atomic E-state index is 10.0. The highest BCUT2D eigenvalue weighted by atomic mass is 16.5. The van der Waals surface area contributed by atoms with Crippen molar-refractivity contribution in [3.05, 3.63) is 95.4 Å². The van der Waals surface area contributed by atoms with E-state index in [0.717, 1.165) is 40.9 Å². The molecule has 0 amide bonds. The third-order valence-corrected chi connectivity index (χ3v) is 5.90. The van der Waals surface area contributed by atoms with E-state index in [2.05, 4.69) is 36.0 Å². The zero-order valence-corrected chi connectivity index (χ0v) is 20.4. The quantitative estimate of drug-likeness (QED) is 0.539. The molecule has 1 unspecified atom stereocenters. The Morgan fingerprint density at radius 2 is 2.03 bits per heavy atom. The molecule has 0 bridgehead atoms. The fourth-order valence-electron chi connectivity index (χ4n) is 4.33. The molecule has 2 N–H and O–H groups in total. The molecule has 1 aliphatic rings. The van der Waals surface area contributed by atoms with Crippen LogP contribution in [0.3, 0.4) is 0 Å². The van der Waals surface area contributed by atoms with Crippen molar-refractivity contribution in [3.63, 3.8) is 0 Å². The molecule has 8 nitrogen and oxygen atoms in total. The zero-order valence-electron chi connectivity index (χ0n) is 20.4. The van der Waals surface area contributed by atoms with E-state index >= 15 is 0 Å². The lowest BCUT2D eigenvalue weighted by Gasteiger charge is -2.33. The molecule has 0 aromatic carbocycles. The van der Waals surface area contributed by atoms with Crippen molar-refractivity contribution < 1.29 is 4.74 Å². The summed E-state index contributed by atoms with van der Waals surface area (Å²) < 4.78 is 7.87. The predicted molar refractivity (Wildman–Crippen MR) is 135 cm³/mol. The van der Waals surface area contributed by atoms with Gasteiger partial charge in [-0.25, -0.2) is 9.97 Å². The number of nitrogens with two attached hydrogens (primary N) is 1. The number of aromatic nitrogens is 4. The topological polar surface area (TPSA) is 106 Å². The first-order valence-electron chi connectivity index (χ1n) is 11.6. The summed E-state index contributed by atoms with van der Waals surface area (Å²) in [5.41, 5.74) is 10.4. The number of nitriles is 1. The van der Waals surface area contributed by atoms with Crippen LogP contribution in [0.15, 0.2) is 89.8 Å². The van der Waals surface area contributed by atoms with E-state index < -0.39 is 0 Å². The Morgan fingerprint density at radius 1 is 1.20 bits per heavy atom. The Bertz CT molecular complexity index is 1330. The van der Waals surface area contributed by atoms with Crippen LogP contribution in [0.5, 0.6) is 0 Å². The molecular formula is C27H29N7O. The summed E-state index contributed by atoms with van der Waals surface area (Å²) in [5.74, 6) is 1.85. The van der Waals surface area contributed by atoms with Gasteiger partial charge in [0.15, 0.2) is 0 Å². The first-order valence-corrected chi connectivity index (χ1v) is 11.6. The van der Waals surface area contributed by atoms with Gasteiger partial charge < -0.3 is 15.4 Å². The molecule has 0 radical (unpaired) electrons. The van der Waals surface area contributed by atoms with Crippen LogP contribution in [-0.2, 0) is 4.74 Å². The van der Waals surface area contributed by atoms with Gasteiger partial charge >= 0.3 is 0 Å². The van der Waals surface area contributed by atoms with Crippen molar-refractivity contribution in [1.82, 2.24) is 24.4 Å². The highest BCUT2D eigenvalue weighted by Crippen LogP contribution is 2.43. The van der Waals surface area contributed by atoms with Crippen LogP contribution >= 0.6 is 0 Å². The van der Waals surface area contributed by atoms with E-state index in [1.807, 2.05) is 54.0 Å². The number of allylic oxidation sites excluding steroid dienone is 4. The Balaban J connectivity index is 1.82. The van der Waals surface area contributed by atoms with Crippen LogP contribution in [0, 0.1) is 11.3 Å². The Labute approximate surface area is 205 Å². The van der Waals surface area contributed by atoms with Crippen LogP contribution in [-0.4, -0.2) is 38.5 Å². The van der Waals surface area contributed by atoms with Gasteiger partial charge in [0.2, 0.25) is 11.8 Å². The third-order valence-electron chi connectivity index (χ3n) is 5.90. The van der Waals surface area contributed by atoms with Crippen LogP contribution in [0.25, 0.3) is 17.2 Å². The van der Waals surface area contributed by atoms with Crippen LogP contribution in [0.2, 0.25) is 0 Å². The molecule has 0 saturated heterocycles. The van der Waals surface area contributed by atoms with Crippen molar-refractivity contribution in [2.24, 2.45) is 5.73 Å². The lowest BCUT2D eigenvalue weighted by atomic mass is 9.80. The smallest absolute Gasteiger partial charge is 0.207 e. The van der Waals surface area contributed by atoms with E-state index in [1.54, 1.807) is 24.8 Å². The molecule has 3 aromatic rings. The average molecular weight is 468 g/mol. The van der Waals surface area contributed by atoms with Gasteiger partial charge in [0, 0.05) is 56.2 Å². The third kappa shape index (κ3) is 4.53. The summed E-state index contributed by atoms with van der Waals surface area (Å²) in [5, 5.41) is 10.0. The molecule has 0 saturated carbocycles. The highest BCUT2D eigenvalue weighted by molar-refractivity contribution is 5.58. The summed E-state index contributed by atoms with van der Waals surface area (Å²) in [6, 6.07) is 10.0. The van der Waals surface area contributed by atoms with E-state index in [4.69, 9.17) is 15.5 Å². The summed E-state index contributed by atoms with van der Waals surface area (Å²) in [6.07, 6.45) is 12.8. The van der Waals surface area contributed by atoms with Gasteiger partial charge in [-0.05, 0) is 42.2 Å². The molecular weight excluding hydrogens is 438 g/mol. The summed E-state index contributed by atoms with van der Waals surface area (Å²) in [4.78, 5) is 15.3. The van der Waals surface area contributed by atoms with Crippen molar-refractivity contribution in [2.75, 3.05) is 14.1 Å². The Hall–Kier alpha value is -4.38. The van der Waals surface area contributed by atoms with Gasteiger partial charge in [-0.1, -0.05) is 26.0 Å². The second-order valence-corrected chi connectivity index (χ2v) is 8.34. The molecule has 0 spiro atoms. The number of hydrogen-bond donors (Lipinski definition) is 1. The zero-order chi connectivity index (χ0) is 24.9. The van der Waals surface area contributed by atoms with Crippen molar-refractivity contribution in [2.45, 2.75) is 32.6 Å². The Morgan fingerprint density at radius 3 is 2.63 bits per heavy atom. The second kappa shape index (κ2) is 10.3. The normalized spacial score (nSPS) is 16.2. The SMILES string of the molecule is CC/C=C(\CC)C1=C(N(C)C)OC(N)=C(C#N)C1c1ccc(-n2ccnc2-c2cccnc2)nc1. The van der Waals surface area contributed by atoms with Crippen molar-refractivity contribution >= 4 is 0 Å². The van der Waals surface area contributed by atoms with Gasteiger partial charge in [-0.15, -0.1) is 0 Å². The molecule has 35 heavy (non-hydrogen) atoms. The standard InChI is InChI=1S/C27H29N7O/c1-5-8-18(6-2)24-23(21(15-28)25(29)35-27(24)33(3)4)19-10-11-22(32-17-19)34-14-13-31-26(34)20-9-7-12-30-16-20/h7-14,16-17,23H,5-6,29H2,1-4H3/b18-8+. The van der Waals surface area contributed by atoms with E-state index in [9.17, 15) is 5.26 Å². The van der Waals surface area contributed by atoms with Gasteiger partial charge in [0.05, 0.1) is 5.92 Å². The number of pyridine rings is 2. The minimum Gasteiger partial charge on any atom is -0.424 e. The number of hydrogen-bond acceptors (Lipinski definition) is 7. The summed E-state index contributed by atoms with van der Waals surface area (Å²) in [6.45, 7) is 4.20. The number of ether oxygens (including phenoxy) is 1. The molecule has 4 rings (SSSR count). The highest BCUT2D eigenvalue weighted by Gasteiger charge is 2.35. The van der Waals surface area contributed by atoms with E-state index in [0.29, 0.717) is 17.3 Å². The van der Waals surface area contributed by atoms with E-state index in [1.165, 1.54) is 0 Å². The molecule has 3 aromatic heterocycles. The lowest BCUT2D eigenvalue weighted by Crippen LogP contribution is -2.28. The maximum Gasteiger partial charge on any atom is 0.207 e. The predicted octanol–water partition coefficient (Wildman–Crippen LogP) is 4.66. The molecule has 178 valence electrons. The molecule has 0 fully saturated rings. The Kier molecular flexibility index (Phi) is 6.97. The summed E-state index contributed by atoms with van der Waals surface area (Å²) >= 11 is 0. The minimum atomic E-state index is -0.383. The van der Waals surface area contributed by atoms with Crippen molar-refractivity contribution in [1.29, 1.82) is 5.26 Å². The first-order chi connectivity index (χ1) is 17.0. The van der Waals surface area contributed by atoms with E-state index in [-0.39, 0.29) is 11.8 Å². The minimum absolute atomic E-state index is 0.120. The molecule has 0 aliphatic carbocycles. The largest absolute Gasteiger partial charge is 0.424 e. The van der Waals surface area contributed by atoms with Gasteiger partial charge in [-0.2, -0.15) is 5.26 Å². The second-order valence-electron chi connectivity index (χ2n) is 8.34. The van der Waals surface area contributed by atoms with Gasteiger partial charge in [0.1, 0.15) is 23.3 Å². The number of rotatable bonds is 7. The first kappa shape index (κ1) is 23.8.